The molecule has 2 aliphatic heterocycles. The minimum absolute atomic E-state index is 0.272. The average molecular weight is 261 g/mol. The van der Waals surface area contributed by atoms with Crippen molar-refractivity contribution >= 4 is 11.4 Å². The third-order valence-electron chi connectivity index (χ3n) is 4.27. The van der Waals surface area contributed by atoms with Crippen molar-refractivity contribution in [1.29, 1.82) is 0 Å². The van der Waals surface area contributed by atoms with Crippen LogP contribution in [0, 0.1) is 6.92 Å². The van der Waals surface area contributed by atoms with E-state index in [4.69, 9.17) is 10.5 Å². The van der Waals surface area contributed by atoms with Gasteiger partial charge in [-0.2, -0.15) is 0 Å². The van der Waals surface area contributed by atoms with Crippen molar-refractivity contribution in [2.24, 2.45) is 0 Å². The van der Waals surface area contributed by atoms with Gasteiger partial charge in [-0.3, -0.25) is 4.90 Å². The molecular formula is C15H23N3O. The van der Waals surface area contributed by atoms with E-state index in [1.54, 1.807) is 0 Å². The number of nitrogens with two attached hydrogens (primary N) is 1. The van der Waals surface area contributed by atoms with Crippen LogP contribution in [-0.4, -0.2) is 43.3 Å². The minimum atomic E-state index is 0.272. The summed E-state index contributed by atoms with van der Waals surface area (Å²) in [6.45, 7) is 6.07. The summed E-state index contributed by atoms with van der Waals surface area (Å²) in [4.78, 5) is 2.57. The molecular weight excluding hydrogens is 238 g/mol. The number of aryl methyl sites for hydroxylation is 1. The van der Waals surface area contributed by atoms with E-state index in [9.17, 15) is 0 Å². The number of benzene rings is 1. The fraction of sp³-hybridized carbons (Fsp3) is 0.600. The Morgan fingerprint density at radius 1 is 1.47 bits per heavy atom. The van der Waals surface area contributed by atoms with Crippen molar-refractivity contribution in [3.05, 3.63) is 23.8 Å². The largest absolute Gasteiger partial charge is 0.397 e. The maximum atomic E-state index is 6.01. The molecule has 2 aliphatic rings. The lowest BCUT2D eigenvalue weighted by atomic mass is 10.1. The molecule has 104 valence electrons. The topological polar surface area (TPSA) is 50.5 Å². The molecule has 0 saturated carbocycles. The second-order valence-corrected chi connectivity index (χ2v) is 5.67. The fourth-order valence-corrected chi connectivity index (χ4v) is 3.16. The van der Waals surface area contributed by atoms with Crippen LogP contribution in [-0.2, 0) is 4.74 Å². The van der Waals surface area contributed by atoms with Crippen LogP contribution in [0.25, 0.3) is 0 Å². The van der Waals surface area contributed by atoms with Gasteiger partial charge in [0, 0.05) is 19.1 Å². The lowest BCUT2D eigenvalue weighted by Gasteiger charge is -2.35. The number of morpholine rings is 1. The molecule has 0 bridgehead atoms. The van der Waals surface area contributed by atoms with Gasteiger partial charge in [-0.05, 0) is 37.9 Å². The number of nitrogen functional groups attached to an aromatic ring is 1. The molecule has 4 heteroatoms. The molecule has 3 rings (SSSR count). The number of nitrogens with one attached hydrogen (secondary N) is 1. The number of fused-ring (bicyclic) bond motifs is 1. The molecule has 2 saturated heterocycles. The van der Waals surface area contributed by atoms with E-state index >= 15 is 0 Å². The van der Waals surface area contributed by atoms with Gasteiger partial charge in [0.15, 0.2) is 0 Å². The highest BCUT2D eigenvalue weighted by Crippen LogP contribution is 2.25. The van der Waals surface area contributed by atoms with Crippen LogP contribution in [0.1, 0.15) is 18.4 Å². The molecule has 2 fully saturated rings. The second-order valence-electron chi connectivity index (χ2n) is 5.67. The van der Waals surface area contributed by atoms with Gasteiger partial charge in [0.2, 0.25) is 0 Å². The normalized spacial score (nSPS) is 27.2. The van der Waals surface area contributed by atoms with Crippen LogP contribution >= 0.6 is 0 Å². The highest BCUT2D eigenvalue weighted by atomic mass is 16.5. The summed E-state index contributed by atoms with van der Waals surface area (Å²) >= 11 is 0. The van der Waals surface area contributed by atoms with E-state index in [1.807, 2.05) is 12.1 Å². The Hall–Kier alpha value is -1.26. The van der Waals surface area contributed by atoms with Crippen LogP contribution < -0.4 is 11.1 Å². The van der Waals surface area contributed by atoms with Crippen LogP contribution in [0.5, 0.6) is 0 Å². The molecule has 0 aliphatic carbocycles. The zero-order valence-corrected chi connectivity index (χ0v) is 11.6. The summed E-state index contributed by atoms with van der Waals surface area (Å²) < 4.78 is 5.95. The molecule has 2 unspecified atom stereocenters. The number of nitrogens with zero attached hydrogens (tertiary/aromatic N) is 1. The Balaban J connectivity index is 1.58. The first-order valence-corrected chi connectivity index (χ1v) is 7.18. The van der Waals surface area contributed by atoms with Crippen LogP contribution in [0.2, 0.25) is 0 Å². The zero-order valence-electron chi connectivity index (χ0n) is 11.6. The highest BCUT2D eigenvalue weighted by Gasteiger charge is 2.31. The summed E-state index contributed by atoms with van der Waals surface area (Å²) in [5.74, 6) is 0. The Bertz CT molecular complexity index is 429. The number of hydrogen-bond donors (Lipinski definition) is 2. The summed E-state index contributed by atoms with van der Waals surface area (Å²) in [5, 5.41) is 3.45. The molecule has 1 aromatic carbocycles. The van der Waals surface area contributed by atoms with Gasteiger partial charge >= 0.3 is 0 Å². The predicted molar refractivity (Wildman–Crippen MR) is 78.4 cm³/mol. The molecule has 0 aromatic heterocycles. The van der Waals surface area contributed by atoms with Crippen molar-refractivity contribution in [3.8, 4) is 0 Å². The van der Waals surface area contributed by atoms with Crippen molar-refractivity contribution < 1.29 is 4.74 Å². The average Bonchev–Trinajstić information content (AvgIpc) is 2.85. The second kappa shape index (κ2) is 5.39. The first kappa shape index (κ1) is 12.8. The SMILES string of the molecule is Cc1cccc(N)c1NCC1CN2CCCC2CO1. The molecule has 0 spiro atoms. The van der Waals surface area contributed by atoms with Gasteiger partial charge in [-0.15, -0.1) is 0 Å². The summed E-state index contributed by atoms with van der Waals surface area (Å²) in [5.41, 5.74) is 9.06. The van der Waals surface area contributed by atoms with E-state index in [0.717, 1.165) is 31.1 Å². The van der Waals surface area contributed by atoms with Gasteiger partial charge in [0.05, 0.1) is 24.1 Å². The summed E-state index contributed by atoms with van der Waals surface area (Å²) in [7, 11) is 0. The van der Waals surface area contributed by atoms with E-state index in [0.29, 0.717) is 6.04 Å². The number of anilines is 2. The van der Waals surface area contributed by atoms with E-state index in [2.05, 4.69) is 23.2 Å². The summed E-state index contributed by atoms with van der Waals surface area (Å²) in [6.07, 6.45) is 2.89. The molecule has 0 radical (unpaired) electrons. The molecule has 2 atom stereocenters. The first-order valence-electron chi connectivity index (χ1n) is 7.18. The Morgan fingerprint density at radius 2 is 2.37 bits per heavy atom. The minimum Gasteiger partial charge on any atom is -0.397 e. The van der Waals surface area contributed by atoms with Crippen molar-refractivity contribution in [3.63, 3.8) is 0 Å². The molecule has 4 nitrogen and oxygen atoms in total. The number of rotatable bonds is 3. The van der Waals surface area contributed by atoms with E-state index in [-0.39, 0.29) is 6.10 Å². The van der Waals surface area contributed by atoms with Crippen LogP contribution in [0.15, 0.2) is 18.2 Å². The maximum absolute atomic E-state index is 6.01. The molecule has 0 amide bonds. The standard InChI is InChI=1S/C15H23N3O/c1-11-4-2-6-14(16)15(11)17-8-13-9-18-7-3-5-12(18)10-19-13/h2,4,6,12-13,17H,3,5,7-10,16H2,1H3. The van der Waals surface area contributed by atoms with Crippen molar-refractivity contribution in [2.75, 3.05) is 37.3 Å². The molecule has 1 aromatic rings. The Labute approximate surface area is 114 Å². The zero-order chi connectivity index (χ0) is 13.2. The fourth-order valence-electron chi connectivity index (χ4n) is 3.16. The number of para-hydroxylation sites is 1. The smallest absolute Gasteiger partial charge is 0.0874 e. The Morgan fingerprint density at radius 3 is 3.21 bits per heavy atom. The monoisotopic (exact) mass is 261 g/mol. The third-order valence-corrected chi connectivity index (χ3v) is 4.27. The van der Waals surface area contributed by atoms with Gasteiger partial charge in [0.25, 0.3) is 0 Å². The van der Waals surface area contributed by atoms with Gasteiger partial charge < -0.3 is 15.8 Å². The molecule has 19 heavy (non-hydrogen) atoms. The quantitative estimate of drug-likeness (QED) is 0.815. The number of hydrogen-bond acceptors (Lipinski definition) is 4. The van der Waals surface area contributed by atoms with Gasteiger partial charge in [-0.25, -0.2) is 0 Å². The van der Waals surface area contributed by atoms with E-state index < -0.39 is 0 Å². The molecule has 2 heterocycles. The molecule has 3 N–H and O–H groups in total. The van der Waals surface area contributed by atoms with Gasteiger partial charge in [-0.1, -0.05) is 12.1 Å². The maximum Gasteiger partial charge on any atom is 0.0874 e. The highest BCUT2D eigenvalue weighted by molar-refractivity contribution is 5.69. The van der Waals surface area contributed by atoms with Crippen molar-refractivity contribution in [1.82, 2.24) is 4.90 Å². The van der Waals surface area contributed by atoms with Gasteiger partial charge in [0.1, 0.15) is 0 Å². The summed E-state index contributed by atoms with van der Waals surface area (Å²) in [6, 6.07) is 6.67. The van der Waals surface area contributed by atoms with Crippen LogP contribution in [0.3, 0.4) is 0 Å². The lowest BCUT2D eigenvalue weighted by molar-refractivity contribution is -0.0415. The van der Waals surface area contributed by atoms with E-state index in [1.165, 1.54) is 24.9 Å². The first-order chi connectivity index (χ1) is 9.24. The third kappa shape index (κ3) is 2.69. The Kier molecular flexibility index (Phi) is 3.62. The van der Waals surface area contributed by atoms with Crippen LogP contribution in [0.4, 0.5) is 11.4 Å². The van der Waals surface area contributed by atoms with Crippen molar-refractivity contribution in [2.45, 2.75) is 31.9 Å². The number of ether oxygens (including phenoxy) is 1. The lowest BCUT2D eigenvalue weighted by Crippen LogP contribution is -2.48. The predicted octanol–water partition coefficient (Wildman–Crippen LogP) is 1.85.